The number of nitrogens with one attached hydrogen (secondary N) is 1. The highest BCUT2D eigenvalue weighted by molar-refractivity contribution is 6.37. The van der Waals surface area contributed by atoms with E-state index in [1.165, 1.54) is 19.1 Å². The number of rotatable bonds is 5. The van der Waals surface area contributed by atoms with Crippen LogP contribution in [0.4, 0.5) is 5.69 Å². The van der Waals surface area contributed by atoms with Gasteiger partial charge in [0.15, 0.2) is 6.10 Å². The number of halogens is 2. The van der Waals surface area contributed by atoms with Gasteiger partial charge in [-0.15, -0.1) is 0 Å². The Kier molecular flexibility index (Phi) is 6.79. The minimum atomic E-state index is -1.03. The minimum Gasteiger partial charge on any atom is -0.449 e. The second kappa shape index (κ2) is 9.04. The zero-order chi connectivity index (χ0) is 19.1. The predicted octanol–water partition coefficient (Wildman–Crippen LogP) is 4.45. The van der Waals surface area contributed by atoms with Gasteiger partial charge in [0.25, 0.3) is 5.91 Å². The molecule has 0 unspecified atom stereocenters. The first-order valence-electron chi connectivity index (χ1n) is 7.54. The van der Waals surface area contributed by atoms with Crippen LogP contribution in [-0.2, 0) is 14.3 Å². The molecule has 0 aliphatic carbocycles. The summed E-state index contributed by atoms with van der Waals surface area (Å²) in [6.07, 6.45) is 1.54. The van der Waals surface area contributed by atoms with Crippen LogP contribution in [0.3, 0.4) is 0 Å². The van der Waals surface area contributed by atoms with Gasteiger partial charge in [0, 0.05) is 27.4 Å². The van der Waals surface area contributed by atoms with Crippen molar-refractivity contribution < 1.29 is 14.3 Å². The molecule has 0 fully saturated rings. The number of ether oxygens (including phenoxy) is 1. The molecule has 7 heteroatoms. The molecule has 0 saturated heterocycles. The number of nitriles is 1. The van der Waals surface area contributed by atoms with E-state index >= 15 is 0 Å². The second-order valence-corrected chi connectivity index (χ2v) is 6.04. The Hall–Kier alpha value is -2.81. The fraction of sp³-hybridized carbons (Fsp3) is 0.105. The Bertz CT molecular complexity index is 884. The number of carbonyl (C=O) groups is 2. The molecule has 0 saturated carbocycles. The van der Waals surface area contributed by atoms with Crippen molar-refractivity contribution in [3.05, 3.63) is 69.7 Å². The number of carbonyl (C=O) groups excluding carboxylic acids is 2. The zero-order valence-corrected chi connectivity index (χ0v) is 15.2. The van der Waals surface area contributed by atoms with Crippen molar-refractivity contribution in [1.82, 2.24) is 0 Å². The van der Waals surface area contributed by atoms with Crippen LogP contribution in [0.25, 0.3) is 6.08 Å². The highest BCUT2D eigenvalue weighted by Gasteiger charge is 2.17. The largest absolute Gasteiger partial charge is 0.449 e. The van der Waals surface area contributed by atoms with Crippen molar-refractivity contribution in [2.75, 3.05) is 5.32 Å². The van der Waals surface area contributed by atoms with Gasteiger partial charge in [0.05, 0.1) is 11.6 Å². The summed E-state index contributed by atoms with van der Waals surface area (Å²) in [6.45, 7) is 1.44. The summed E-state index contributed by atoms with van der Waals surface area (Å²) in [5, 5.41) is 12.2. The molecule has 2 aromatic carbocycles. The predicted molar refractivity (Wildman–Crippen MR) is 101 cm³/mol. The monoisotopic (exact) mass is 388 g/mol. The normalized spacial score (nSPS) is 11.6. The molecule has 0 aliphatic heterocycles. The maximum Gasteiger partial charge on any atom is 0.331 e. The fourth-order valence-electron chi connectivity index (χ4n) is 2.00. The molecule has 1 N–H and O–H groups in total. The standard InChI is InChI=1S/C19H14Cl2N2O3/c1-12(19(25)23-14-5-2-4-13(10-14)11-22)26-18(24)9-8-15-16(20)6-3-7-17(15)21/h2-10,12H,1H3,(H,23,25)/b9-8+/t12-/m1/s1. The maximum absolute atomic E-state index is 12.1. The van der Waals surface area contributed by atoms with E-state index in [4.69, 9.17) is 33.2 Å². The summed E-state index contributed by atoms with van der Waals surface area (Å²) in [5.41, 5.74) is 1.33. The van der Waals surface area contributed by atoms with Gasteiger partial charge in [-0.05, 0) is 43.3 Å². The zero-order valence-electron chi connectivity index (χ0n) is 13.7. The molecule has 5 nitrogen and oxygen atoms in total. The van der Waals surface area contributed by atoms with E-state index in [1.54, 1.807) is 36.4 Å². The lowest BCUT2D eigenvalue weighted by Crippen LogP contribution is -2.29. The van der Waals surface area contributed by atoms with Crippen molar-refractivity contribution in [2.24, 2.45) is 0 Å². The summed E-state index contributed by atoms with van der Waals surface area (Å²) in [5.74, 6) is -1.23. The number of anilines is 1. The first-order chi connectivity index (χ1) is 12.4. The van der Waals surface area contributed by atoms with Crippen LogP contribution in [0.2, 0.25) is 10.0 Å². The van der Waals surface area contributed by atoms with Crippen LogP contribution >= 0.6 is 23.2 Å². The minimum absolute atomic E-state index is 0.393. The van der Waals surface area contributed by atoms with Gasteiger partial charge < -0.3 is 10.1 Å². The van der Waals surface area contributed by atoms with Crippen molar-refractivity contribution >= 4 is 46.8 Å². The summed E-state index contributed by atoms with van der Waals surface area (Å²) in [7, 11) is 0. The van der Waals surface area contributed by atoms with E-state index in [0.717, 1.165) is 6.08 Å². The molecule has 0 aliphatic rings. The molecule has 1 amide bonds. The van der Waals surface area contributed by atoms with Crippen LogP contribution in [0, 0.1) is 11.3 Å². The third-order valence-electron chi connectivity index (χ3n) is 3.31. The molecule has 0 aromatic heterocycles. The smallest absolute Gasteiger partial charge is 0.331 e. The van der Waals surface area contributed by atoms with E-state index in [0.29, 0.717) is 26.9 Å². The third-order valence-corrected chi connectivity index (χ3v) is 3.97. The van der Waals surface area contributed by atoms with E-state index in [9.17, 15) is 9.59 Å². The Morgan fingerprint density at radius 1 is 1.19 bits per heavy atom. The van der Waals surface area contributed by atoms with Gasteiger partial charge in [-0.3, -0.25) is 4.79 Å². The lowest BCUT2D eigenvalue weighted by Gasteiger charge is -2.12. The lowest BCUT2D eigenvalue weighted by molar-refractivity contribution is -0.148. The number of hydrogen-bond acceptors (Lipinski definition) is 4. The summed E-state index contributed by atoms with van der Waals surface area (Å²) < 4.78 is 5.05. The van der Waals surface area contributed by atoms with Crippen LogP contribution < -0.4 is 5.32 Å². The molecular formula is C19H14Cl2N2O3. The summed E-state index contributed by atoms with van der Waals surface area (Å²) in [6, 6.07) is 13.4. The van der Waals surface area contributed by atoms with Crippen LogP contribution in [0.1, 0.15) is 18.1 Å². The molecule has 132 valence electrons. The van der Waals surface area contributed by atoms with Crippen LogP contribution in [0.15, 0.2) is 48.5 Å². The van der Waals surface area contributed by atoms with Crippen molar-refractivity contribution in [1.29, 1.82) is 5.26 Å². The Morgan fingerprint density at radius 3 is 2.50 bits per heavy atom. The van der Waals surface area contributed by atoms with Gasteiger partial charge >= 0.3 is 5.97 Å². The quantitative estimate of drug-likeness (QED) is 0.605. The maximum atomic E-state index is 12.1. The van der Waals surface area contributed by atoms with Crippen molar-refractivity contribution in [3.8, 4) is 6.07 Å². The third kappa shape index (κ3) is 5.35. The van der Waals surface area contributed by atoms with Gasteiger partial charge in [-0.25, -0.2) is 4.79 Å². The van der Waals surface area contributed by atoms with E-state index in [1.807, 2.05) is 6.07 Å². The molecule has 1 atom stereocenters. The fourth-order valence-corrected chi connectivity index (χ4v) is 2.52. The van der Waals surface area contributed by atoms with Gasteiger partial charge in [0.2, 0.25) is 0 Å². The van der Waals surface area contributed by atoms with Crippen molar-refractivity contribution in [2.45, 2.75) is 13.0 Å². The average molecular weight is 389 g/mol. The van der Waals surface area contributed by atoms with Crippen molar-refractivity contribution in [3.63, 3.8) is 0 Å². The molecule has 0 spiro atoms. The van der Waals surface area contributed by atoms with E-state index in [-0.39, 0.29) is 0 Å². The molecule has 2 aromatic rings. The Morgan fingerprint density at radius 2 is 1.85 bits per heavy atom. The molecular weight excluding hydrogens is 375 g/mol. The Labute approximate surface area is 160 Å². The van der Waals surface area contributed by atoms with E-state index < -0.39 is 18.0 Å². The molecule has 2 rings (SSSR count). The molecule has 0 heterocycles. The molecule has 0 bridgehead atoms. The van der Waals surface area contributed by atoms with Gasteiger partial charge in [-0.2, -0.15) is 5.26 Å². The number of nitrogens with zero attached hydrogens (tertiary/aromatic N) is 1. The number of amides is 1. The van der Waals surface area contributed by atoms with E-state index in [2.05, 4.69) is 5.32 Å². The second-order valence-electron chi connectivity index (χ2n) is 5.23. The molecule has 26 heavy (non-hydrogen) atoms. The summed E-state index contributed by atoms with van der Waals surface area (Å²) >= 11 is 12.0. The highest BCUT2D eigenvalue weighted by atomic mass is 35.5. The summed E-state index contributed by atoms with van der Waals surface area (Å²) in [4.78, 5) is 24.0. The number of benzene rings is 2. The topological polar surface area (TPSA) is 79.2 Å². The highest BCUT2D eigenvalue weighted by Crippen LogP contribution is 2.25. The SMILES string of the molecule is C[C@@H](OC(=O)/C=C/c1c(Cl)cccc1Cl)C(=O)Nc1cccc(C#N)c1. The lowest BCUT2D eigenvalue weighted by atomic mass is 10.2. The average Bonchev–Trinajstić information content (AvgIpc) is 2.61. The van der Waals surface area contributed by atoms with Crippen LogP contribution in [-0.4, -0.2) is 18.0 Å². The Balaban J connectivity index is 1.96. The first-order valence-corrected chi connectivity index (χ1v) is 8.30. The van der Waals surface area contributed by atoms with Gasteiger partial charge in [-0.1, -0.05) is 35.3 Å². The first kappa shape index (κ1) is 19.5. The van der Waals surface area contributed by atoms with Crippen LogP contribution in [0.5, 0.6) is 0 Å². The number of esters is 1. The van der Waals surface area contributed by atoms with Gasteiger partial charge in [0.1, 0.15) is 0 Å². The molecule has 0 radical (unpaired) electrons. The number of hydrogen-bond donors (Lipinski definition) is 1.